The van der Waals surface area contributed by atoms with Gasteiger partial charge < -0.3 is 4.90 Å². The third-order valence-electron chi connectivity index (χ3n) is 4.44. The van der Waals surface area contributed by atoms with E-state index in [0.717, 1.165) is 21.2 Å². The predicted octanol–water partition coefficient (Wildman–Crippen LogP) is 4.00. The highest BCUT2D eigenvalue weighted by molar-refractivity contribution is 9.10. The first-order valence-electron chi connectivity index (χ1n) is 8.23. The number of rotatable bonds is 2. The summed E-state index contributed by atoms with van der Waals surface area (Å²) in [6.45, 7) is 0. The van der Waals surface area contributed by atoms with Gasteiger partial charge in [0.1, 0.15) is 0 Å². The number of likely N-dealkylation sites (N-methyl/N-ethyl adjacent to an activating group) is 1. The smallest absolute Gasteiger partial charge is 0.286 e. The molecule has 10 heteroatoms. The number of anilines is 1. The second kappa shape index (κ2) is 7.56. The Balaban J connectivity index is 1.71. The number of hydrogen-bond acceptors (Lipinski definition) is 5. The number of thiocarbonyl (C=S) groups is 1. The van der Waals surface area contributed by atoms with Gasteiger partial charge in [-0.2, -0.15) is 5.01 Å². The van der Waals surface area contributed by atoms with Crippen molar-refractivity contribution < 1.29 is 14.4 Å². The van der Waals surface area contributed by atoms with Crippen LogP contribution < -0.4 is 10.3 Å². The number of hydrogen-bond donors (Lipinski definition) is 1. The number of carbonyl (C=O) groups excluding carboxylic acids is 3. The molecule has 29 heavy (non-hydrogen) atoms. The molecular formula is C19H11BrClN3O3S2. The molecule has 0 atom stereocenters. The van der Waals surface area contributed by atoms with Gasteiger partial charge in [-0.15, -0.1) is 0 Å². The molecule has 2 aliphatic rings. The summed E-state index contributed by atoms with van der Waals surface area (Å²) in [5.74, 6) is -1.45. The summed E-state index contributed by atoms with van der Waals surface area (Å²) in [6.07, 6.45) is 0. The lowest BCUT2D eigenvalue weighted by molar-refractivity contribution is -0.124. The Morgan fingerprint density at radius 1 is 1.17 bits per heavy atom. The van der Waals surface area contributed by atoms with E-state index in [9.17, 15) is 14.4 Å². The van der Waals surface area contributed by atoms with Gasteiger partial charge in [-0.05, 0) is 42.5 Å². The fraction of sp³-hybridized carbons (Fsp3) is 0.0526. The molecule has 3 amide bonds. The Labute approximate surface area is 189 Å². The van der Waals surface area contributed by atoms with Crippen molar-refractivity contribution in [1.82, 2.24) is 10.4 Å². The number of nitrogens with zero attached hydrogens (tertiary/aromatic N) is 2. The van der Waals surface area contributed by atoms with Crippen LogP contribution in [0.25, 0.3) is 5.57 Å². The highest BCUT2D eigenvalue weighted by atomic mass is 79.9. The van der Waals surface area contributed by atoms with E-state index in [1.807, 2.05) is 6.07 Å². The molecule has 2 aromatic rings. The van der Waals surface area contributed by atoms with Crippen LogP contribution in [0.1, 0.15) is 15.9 Å². The Morgan fingerprint density at radius 2 is 1.90 bits per heavy atom. The van der Waals surface area contributed by atoms with Gasteiger partial charge in [0.25, 0.3) is 17.7 Å². The van der Waals surface area contributed by atoms with E-state index in [-0.39, 0.29) is 31.3 Å². The second-order valence-corrected chi connectivity index (χ2v) is 9.13. The van der Waals surface area contributed by atoms with Gasteiger partial charge in [0.15, 0.2) is 4.32 Å². The molecule has 1 saturated heterocycles. The number of hydrazine groups is 1. The molecule has 1 N–H and O–H groups in total. The van der Waals surface area contributed by atoms with Gasteiger partial charge in [-0.1, -0.05) is 51.4 Å². The maximum absolute atomic E-state index is 13.0. The average Bonchev–Trinajstić information content (AvgIpc) is 3.09. The highest BCUT2D eigenvalue weighted by Gasteiger charge is 2.42. The molecule has 0 saturated carbocycles. The summed E-state index contributed by atoms with van der Waals surface area (Å²) < 4.78 is 0.899. The Morgan fingerprint density at radius 3 is 2.62 bits per heavy atom. The van der Waals surface area contributed by atoms with E-state index in [4.69, 9.17) is 23.8 Å². The first kappa shape index (κ1) is 20.1. The quantitative estimate of drug-likeness (QED) is 0.491. The van der Waals surface area contributed by atoms with Crippen molar-refractivity contribution in [1.29, 1.82) is 0 Å². The minimum Gasteiger partial charge on any atom is -0.311 e. The van der Waals surface area contributed by atoms with E-state index < -0.39 is 11.8 Å². The van der Waals surface area contributed by atoms with Crippen LogP contribution in [-0.2, 0) is 9.59 Å². The van der Waals surface area contributed by atoms with Crippen molar-refractivity contribution in [3.05, 3.63) is 68.0 Å². The largest absolute Gasteiger partial charge is 0.311 e. The monoisotopic (exact) mass is 507 g/mol. The predicted molar refractivity (Wildman–Crippen MR) is 120 cm³/mol. The van der Waals surface area contributed by atoms with Crippen LogP contribution in [0.15, 0.2) is 51.8 Å². The van der Waals surface area contributed by atoms with E-state index in [2.05, 4.69) is 21.4 Å². The van der Waals surface area contributed by atoms with Crippen molar-refractivity contribution in [2.24, 2.45) is 0 Å². The lowest BCUT2D eigenvalue weighted by Crippen LogP contribution is -2.45. The number of amides is 3. The lowest BCUT2D eigenvalue weighted by atomic mass is 10.1. The van der Waals surface area contributed by atoms with E-state index in [1.165, 1.54) is 11.0 Å². The standard InChI is InChI=1S/C19H11BrClN3O3S2/c1-23-13-7-6-9(20)8-11(13)14(17(23)26)15-18(27)24(19(28)29-15)22-16(25)10-4-2-3-5-12(10)21/h2-8H,1H3,(H,22,25)/b15-14-. The number of carbonyl (C=O) groups is 3. The van der Waals surface area contributed by atoms with Gasteiger partial charge in [0, 0.05) is 17.1 Å². The molecule has 0 aliphatic carbocycles. The number of benzene rings is 2. The minimum atomic E-state index is -0.573. The summed E-state index contributed by atoms with van der Waals surface area (Å²) in [5, 5.41) is 1.22. The molecule has 4 rings (SSSR count). The van der Waals surface area contributed by atoms with Crippen molar-refractivity contribution >= 4 is 84.8 Å². The van der Waals surface area contributed by atoms with Gasteiger partial charge in [-0.3, -0.25) is 19.8 Å². The van der Waals surface area contributed by atoms with Crippen LogP contribution in [0.5, 0.6) is 0 Å². The number of halogens is 2. The zero-order valence-corrected chi connectivity index (χ0v) is 18.7. The summed E-state index contributed by atoms with van der Waals surface area (Å²) in [7, 11) is 1.64. The molecule has 2 aromatic carbocycles. The Hall–Kier alpha value is -2.20. The van der Waals surface area contributed by atoms with Crippen molar-refractivity contribution in [2.75, 3.05) is 11.9 Å². The van der Waals surface area contributed by atoms with Gasteiger partial charge in [0.05, 0.1) is 26.8 Å². The van der Waals surface area contributed by atoms with E-state index >= 15 is 0 Å². The topological polar surface area (TPSA) is 69.7 Å². The zero-order chi connectivity index (χ0) is 20.9. The van der Waals surface area contributed by atoms with E-state index in [0.29, 0.717) is 11.3 Å². The fourth-order valence-corrected chi connectivity index (χ4v) is 4.87. The highest BCUT2D eigenvalue weighted by Crippen LogP contribution is 2.44. The molecule has 146 valence electrons. The van der Waals surface area contributed by atoms with Gasteiger partial charge >= 0.3 is 0 Å². The summed E-state index contributed by atoms with van der Waals surface area (Å²) in [6, 6.07) is 11.9. The average molecular weight is 509 g/mol. The number of fused-ring (bicyclic) bond motifs is 1. The number of nitrogens with one attached hydrogen (secondary N) is 1. The normalized spacial score (nSPS) is 18.5. The first-order chi connectivity index (χ1) is 13.8. The molecule has 6 nitrogen and oxygen atoms in total. The Kier molecular flexibility index (Phi) is 5.24. The van der Waals surface area contributed by atoms with Crippen molar-refractivity contribution in [3.63, 3.8) is 0 Å². The van der Waals surface area contributed by atoms with Crippen LogP contribution in [-0.4, -0.2) is 34.1 Å². The fourth-order valence-electron chi connectivity index (χ4n) is 3.04. The molecule has 1 fully saturated rings. The van der Waals surface area contributed by atoms with Gasteiger partial charge in [-0.25, -0.2) is 0 Å². The zero-order valence-electron chi connectivity index (χ0n) is 14.7. The van der Waals surface area contributed by atoms with Gasteiger partial charge in [0.2, 0.25) is 0 Å². The van der Waals surface area contributed by atoms with Crippen molar-refractivity contribution in [3.8, 4) is 0 Å². The second-order valence-electron chi connectivity index (χ2n) is 6.16. The number of thioether (sulfide) groups is 1. The van der Waals surface area contributed by atoms with Crippen LogP contribution >= 0.6 is 51.5 Å². The SMILES string of the molecule is CN1C(=O)/C(=C2\SC(=S)N(NC(=O)c3ccccc3Cl)C2=O)c2cc(Br)ccc21. The molecule has 0 spiro atoms. The van der Waals surface area contributed by atoms with Crippen LogP contribution in [0.4, 0.5) is 5.69 Å². The molecule has 2 heterocycles. The maximum Gasteiger partial charge on any atom is 0.286 e. The third kappa shape index (κ3) is 3.38. The summed E-state index contributed by atoms with van der Waals surface area (Å²) >= 11 is 15.7. The molecule has 0 bridgehead atoms. The van der Waals surface area contributed by atoms with Crippen LogP contribution in [0.3, 0.4) is 0 Å². The summed E-state index contributed by atoms with van der Waals surface area (Å²) in [5.41, 5.74) is 4.27. The van der Waals surface area contributed by atoms with Crippen LogP contribution in [0, 0.1) is 0 Å². The summed E-state index contributed by atoms with van der Waals surface area (Å²) in [4.78, 5) is 40.1. The maximum atomic E-state index is 13.0. The Bertz CT molecular complexity index is 1150. The molecular weight excluding hydrogens is 498 g/mol. The third-order valence-corrected chi connectivity index (χ3v) is 6.63. The van der Waals surface area contributed by atoms with Crippen LogP contribution in [0.2, 0.25) is 5.02 Å². The van der Waals surface area contributed by atoms with Crippen molar-refractivity contribution in [2.45, 2.75) is 0 Å². The first-order valence-corrected chi connectivity index (χ1v) is 10.6. The molecule has 0 unspecified atom stereocenters. The molecule has 0 aromatic heterocycles. The minimum absolute atomic E-state index is 0.122. The molecule has 2 aliphatic heterocycles. The lowest BCUT2D eigenvalue weighted by Gasteiger charge is -2.16. The molecule has 0 radical (unpaired) electrons. The van der Waals surface area contributed by atoms with E-state index in [1.54, 1.807) is 37.4 Å².